The molecule has 1 N–H and O–H groups in total. The van der Waals surface area contributed by atoms with E-state index in [0.717, 1.165) is 11.1 Å². The summed E-state index contributed by atoms with van der Waals surface area (Å²) in [4.78, 5) is 12.7. The zero-order chi connectivity index (χ0) is 19.2. The average molecular weight is 368 g/mol. The predicted molar refractivity (Wildman–Crippen MR) is 105 cm³/mol. The standard InChI is InChI=1S/C21H16N6O/c28-21(18-12-7-13-19(14-18)27-15-22-25-26-27)24-23-20(16-8-3-1-4-9-16)17-10-5-2-6-11-17/h1-15H,(H,24,28). The highest BCUT2D eigenvalue weighted by molar-refractivity contribution is 6.13. The van der Waals surface area contributed by atoms with Gasteiger partial charge in [-0.3, -0.25) is 4.79 Å². The molecule has 0 saturated heterocycles. The van der Waals surface area contributed by atoms with Crippen LogP contribution in [-0.2, 0) is 0 Å². The molecule has 1 aromatic heterocycles. The Balaban J connectivity index is 1.62. The van der Waals surface area contributed by atoms with E-state index in [-0.39, 0.29) is 5.91 Å². The molecule has 0 atom stereocenters. The molecule has 136 valence electrons. The quantitative estimate of drug-likeness (QED) is 0.434. The van der Waals surface area contributed by atoms with E-state index in [1.165, 1.54) is 11.0 Å². The van der Waals surface area contributed by atoms with Crippen LogP contribution in [0.5, 0.6) is 0 Å². The van der Waals surface area contributed by atoms with Gasteiger partial charge in [0.25, 0.3) is 5.91 Å². The number of hydrogen-bond donors (Lipinski definition) is 1. The summed E-state index contributed by atoms with van der Waals surface area (Å²) in [6, 6.07) is 26.4. The molecule has 0 aliphatic heterocycles. The monoisotopic (exact) mass is 368 g/mol. The first-order chi connectivity index (χ1) is 13.8. The van der Waals surface area contributed by atoms with E-state index in [4.69, 9.17) is 0 Å². The van der Waals surface area contributed by atoms with Crippen molar-refractivity contribution in [2.75, 3.05) is 0 Å². The van der Waals surface area contributed by atoms with Crippen molar-refractivity contribution in [3.63, 3.8) is 0 Å². The van der Waals surface area contributed by atoms with Crippen LogP contribution in [0, 0.1) is 0 Å². The highest BCUT2D eigenvalue weighted by Gasteiger charge is 2.10. The minimum absolute atomic E-state index is 0.320. The molecule has 0 saturated carbocycles. The minimum atomic E-state index is -0.320. The summed E-state index contributed by atoms with van der Waals surface area (Å²) in [6.45, 7) is 0. The summed E-state index contributed by atoms with van der Waals surface area (Å²) in [6.07, 6.45) is 1.47. The van der Waals surface area contributed by atoms with Gasteiger partial charge in [0.2, 0.25) is 0 Å². The highest BCUT2D eigenvalue weighted by atomic mass is 16.2. The third-order valence-corrected chi connectivity index (χ3v) is 4.09. The number of benzene rings is 3. The van der Waals surface area contributed by atoms with Gasteiger partial charge in [0.15, 0.2) is 0 Å². The molecule has 4 aromatic rings. The topological polar surface area (TPSA) is 85.1 Å². The van der Waals surface area contributed by atoms with Crippen molar-refractivity contribution in [3.05, 3.63) is 108 Å². The third-order valence-electron chi connectivity index (χ3n) is 4.09. The van der Waals surface area contributed by atoms with Gasteiger partial charge in [-0.05, 0) is 28.6 Å². The molecule has 4 rings (SSSR count). The second-order valence-electron chi connectivity index (χ2n) is 5.94. The molecular weight excluding hydrogens is 352 g/mol. The SMILES string of the molecule is O=C(NN=C(c1ccccc1)c1ccccc1)c1cccc(-n2cnnn2)c1. The molecule has 0 aliphatic carbocycles. The number of amides is 1. The molecule has 1 heterocycles. The lowest BCUT2D eigenvalue weighted by Crippen LogP contribution is -2.20. The van der Waals surface area contributed by atoms with Crippen LogP contribution in [-0.4, -0.2) is 31.8 Å². The fourth-order valence-electron chi connectivity index (χ4n) is 2.73. The normalized spacial score (nSPS) is 10.3. The van der Waals surface area contributed by atoms with Crippen molar-refractivity contribution in [2.24, 2.45) is 5.10 Å². The van der Waals surface area contributed by atoms with Crippen molar-refractivity contribution in [2.45, 2.75) is 0 Å². The molecule has 0 spiro atoms. The molecule has 0 radical (unpaired) electrons. The minimum Gasteiger partial charge on any atom is -0.267 e. The van der Waals surface area contributed by atoms with Crippen molar-refractivity contribution in [1.82, 2.24) is 25.6 Å². The maximum absolute atomic E-state index is 12.7. The number of carbonyl (C=O) groups excluding carboxylic acids is 1. The van der Waals surface area contributed by atoms with Crippen LogP contribution in [0.25, 0.3) is 5.69 Å². The van der Waals surface area contributed by atoms with Gasteiger partial charge in [-0.15, -0.1) is 5.10 Å². The zero-order valence-corrected chi connectivity index (χ0v) is 14.8. The van der Waals surface area contributed by atoms with Gasteiger partial charge in [0, 0.05) is 16.7 Å². The summed E-state index contributed by atoms with van der Waals surface area (Å²) in [5.74, 6) is -0.320. The number of aromatic nitrogens is 4. The fourth-order valence-corrected chi connectivity index (χ4v) is 2.73. The first kappa shape index (κ1) is 17.3. The lowest BCUT2D eigenvalue weighted by atomic mass is 10.0. The lowest BCUT2D eigenvalue weighted by molar-refractivity contribution is 0.0955. The summed E-state index contributed by atoms with van der Waals surface area (Å²) in [5, 5.41) is 15.5. The summed E-state index contributed by atoms with van der Waals surface area (Å²) < 4.78 is 1.49. The van der Waals surface area contributed by atoms with Crippen molar-refractivity contribution >= 4 is 11.6 Å². The molecule has 0 fully saturated rings. The van der Waals surface area contributed by atoms with Crippen molar-refractivity contribution < 1.29 is 4.79 Å². The Labute approximate surface area is 161 Å². The molecule has 28 heavy (non-hydrogen) atoms. The highest BCUT2D eigenvalue weighted by Crippen LogP contribution is 2.12. The lowest BCUT2D eigenvalue weighted by Gasteiger charge is -2.08. The smallest absolute Gasteiger partial charge is 0.267 e. The Kier molecular flexibility index (Phi) is 4.97. The number of carbonyl (C=O) groups is 1. The summed E-state index contributed by atoms with van der Waals surface area (Å²) in [5.41, 5.74) is 6.31. The van der Waals surface area contributed by atoms with Crippen molar-refractivity contribution in [3.8, 4) is 5.69 Å². The molecule has 1 amide bonds. The van der Waals surface area contributed by atoms with Crippen molar-refractivity contribution in [1.29, 1.82) is 0 Å². The fraction of sp³-hybridized carbons (Fsp3) is 0. The Hall–Kier alpha value is -4.13. The van der Waals surface area contributed by atoms with E-state index in [2.05, 4.69) is 26.1 Å². The van der Waals surface area contributed by atoms with Crippen LogP contribution >= 0.6 is 0 Å². The van der Waals surface area contributed by atoms with Gasteiger partial charge >= 0.3 is 0 Å². The number of nitrogens with one attached hydrogen (secondary N) is 1. The van der Waals surface area contributed by atoms with Crippen LogP contribution < -0.4 is 5.43 Å². The molecule has 0 unspecified atom stereocenters. The molecule has 7 heteroatoms. The maximum atomic E-state index is 12.7. The van der Waals surface area contributed by atoms with Crippen LogP contribution in [0.1, 0.15) is 21.5 Å². The van der Waals surface area contributed by atoms with Gasteiger partial charge < -0.3 is 0 Å². The number of nitrogens with zero attached hydrogens (tertiary/aromatic N) is 5. The van der Waals surface area contributed by atoms with Gasteiger partial charge in [0.1, 0.15) is 6.33 Å². The molecular formula is C21H16N6O. The number of hydrazone groups is 1. The van der Waals surface area contributed by atoms with Gasteiger partial charge in [-0.25, -0.2) is 10.1 Å². The Morgan fingerprint density at radius 2 is 1.46 bits per heavy atom. The van der Waals surface area contributed by atoms with E-state index in [9.17, 15) is 4.79 Å². The van der Waals surface area contributed by atoms with Gasteiger partial charge in [0.05, 0.1) is 11.4 Å². The largest absolute Gasteiger partial charge is 0.271 e. The molecule has 7 nitrogen and oxygen atoms in total. The van der Waals surface area contributed by atoms with Crippen LogP contribution in [0.3, 0.4) is 0 Å². The summed E-state index contributed by atoms with van der Waals surface area (Å²) in [7, 11) is 0. The third kappa shape index (κ3) is 3.83. The van der Waals surface area contributed by atoms with E-state index in [0.29, 0.717) is 17.0 Å². The first-order valence-electron chi connectivity index (χ1n) is 8.63. The van der Waals surface area contributed by atoms with Crippen LogP contribution in [0.4, 0.5) is 0 Å². The van der Waals surface area contributed by atoms with Crippen LogP contribution in [0.2, 0.25) is 0 Å². The average Bonchev–Trinajstić information content (AvgIpc) is 3.30. The summed E-state index contributed by atoms with van der Waals surface area (Å²) >= 11 is 0. The number of hydrogen-bond acceptors (Lipinski definition) is 5. The second kappa shape index (κ2) is 8.05. The number of rotatable bonds is 5. The Morgan fingerprint density at radius 1 is 0.821 bits per heavy atom. The molecule has 3 aromatic carbocycles. The molecule has 0 bridgehead atoms. The van der Waals surface area contributed by atoms with Gasteiger partial charge in [-0.1, -0.05) is 66.7 Å². The van der Waals surface area contributed by atoms with E-state index in [1.54, 1.807) is 18.2 Å². The van der Waals surface area contributed by atoms with Crippen LogP contribution in [0.15, 0.2) is 96.4 Å². The number of tetrazole rings is 1. The van der Waals surface area contributed by atoms with Gasteiger partial charge in [-0.2, -0.15) is 5.10 Å². The first-order valence-corrected chi connectivity index (χ1v) is 8.63. The van der Waals surface area contributed by atoms with E-state index >= 15 is 0 Å². The second-order valence-corrected chi connectivity index (χ2v) is 5.94. The zero-order valence-electron chi connectivity index (χ0n) is 14.8. The maximum Gasteiger partial charge on any atom is 0.271 e. The van der Waals surface area contributed by atoms with E-state index in [1.807, 2.05) is 66.7 Å². The predicted octanol–water partition coefficient (Wildman–Crippen LogP) is 2.84. The Morgan fingerprint density at radius 3 is 2.07 bits per heavy atom. The Bertz CT molecular complexity index is 1050. The molecule has 0 aliphatic rings. The van der Waals surface area contributed by atoms with E-state index < -0.39 is 0 Å².